The zero-order valence-corrected chi connectivity index (χ0v) is 9.16. The van der Waals surface area contributed by atoms with Gasteiger partial charge in [0.25, 0.3) is 0 Å². The number of hydrogen-bond acceptors (Lipinski definition) is 3. The van der Waals surface area contributed by atoms with Crippen LogP contribution in [-0.4, -0.2) is 16.4 Å². The average molecular weight is 207 g/mol. The highest BCUT2D eigenvalue weighted by molar-refractivity contribution is 5.74. The van der Waals surface area contributed by atoms with Crippen LogP contribution in [0.4, 0.5) is 0 Å². The number of primary amides is 1. The number of nitrogens with zero attached hydrogens (tertiary/aromatic N) is 1. The second-order valence-electron chi connectivity index (χ2n) is 4.24. The SMILES string of the molecule is CC(C)(CC(N)=O)NCc1ccncc1. The first-order valence-corrected chi connectivity index (χ1v) is 4.92. The van der Waals surface area contributed by atoms with Crippen molar-refractivity contribution >= 4 is 5.91 Å². The summed E-state index contributed by atoms with van der Waals surface area (Å²) in [5.74, 6) is -0.290. The Morgan fingerprint density at radius 1 is 1.47 bits per heavy atom. The molecule has 1 aromatic heterocycles. The van der Waals surface area contributed by atoms with Crippen molar-refractivity contribution in [2.75, 3.05) is 0 Å². The molecule has 3 N–H and O–H groups in total. The minimum absolute atomic E-state index is 0.269. The van der Waals surface area contributed by atoms with E-state index in [1.807, 2.05) is 26.0 Å². The Bertz CT molecular complexity index is 322. The third-order valence-electron chi connectivity index (χ3n) is 2.14. The molecule has 0 atom stereocenters. The number of nitrogens with two attached hydrogens (primary N) is 1. The van der Waals surface area contributed by atoms with Crippen molar-refractivity contribution in [2.24, 2.45) is 5.73 Å². The number of hydrogen-bond donors (Lipinski definition) is 2. The molecule has 0 unspecified atom stereocenters. The Hall–Kier alpha value is -1.42. The summed E-state index contributed by atoms with van der Waals surface area (Å²) in [6.07, 6.45) is 3.83. The minimum atomic E-state index is -0.290. The normalized spacial score (nSPS) is 11.3. The number of rotatable bonds is 5. The monoisotopic (exact) mass is 207 g/mol. The summed E-state index contributed by atoms with van der Waals surface area (Å²) in [6, 6.07) is 3.88. The van der Waals surface area contributed by atoms with Gasteiger partial charge in [0.1, 0.15) is 0 Å². The lowest BCUT2D eigenvalue weighted by Gasteiger charge is -2.24. The maximum absolute atomic E-state index is 10.8. The molecule has 0 aliphatic heterocycles. The summed E-state index contributed by atoms with van der Waals surface area (Å²) in [5, 5.41) is 3.28. The molecule has 0 bridgehead atoms. The van der Waals surface area contributed by atoms with Crippen LogP contribution >= 0.6 is 0 Å². The van der Waals surface area contributed by atoms with E-state index in [9.17, 15) is 4.79 Å². The number of pyridine rings is 1. The molecule has 1 amide bonds. The van der Waals surface area contributed by atoms with Gasteiger partial charge in [-0.15, -0.1) is 0 Å². The van der Waals surface area contributed by atoms with Gasteiger partial charge in [0, 0.05) is 30.9 Å². The molecule has 4 heteroatoms. The Morgan fingerprint density at radius 2 is 2.07 bits per heavy atom. The second kappa shape index (κ2) is 4.89. The van der Waals surface area contributed by atoms with Crippen molar-refractivity contribution in [3.05, 3.63) is 30.1 Å². The van der Waals surface area contributed by atoms with Gasteiger partial charge >= 0.3 is 0 Å². The molecule has 15 heavy (non-hydrogen) atoms. The van der Waals surface area contributed by atoms with E-state index < -0.39 is 0 Å². The standard InChI is InChI=1S/C11H17N3O/c1-11(2,7-10(12)15)14-8-9-3-5-13-6-4-9/h3-6,14H,7-8H2,1-2H3,(H2,12,15). The summed E-state index contributed by atoms with van der Waals surface area (Å²) in [7, 11) is 0. The Labute approximate surface area is 89.9 Å². The van der Waals surface area contributed by atoms with Gasteiger partial charge in [0.15, 0.2) is 0 Å². The zero-order chi connectivity index (χ0) is 11.3. The van der Waals surface area contributed by atoms with Crippen LogP contribution in [0.15, 0.2) is 24.5 Å². The van der Waals surface area contributed by atoms with Gasteiger partial charge in [0.05, 0.1) is 0 Å². The van der Waals surface area contributed by atoms with E-state index in [0.29, 0.717) is 13.0 Å². The molecule has 0 fully saturated rings. The number of amides is 1. The van der Waals surface area contributed by atoms with E-state index in [2.05, 4.69) is 10.3 Å². The summed E-state index contributed by atoms with van der Waals surface area (Å²) in [6.45, 7) is 4.63. The highest BCUT2D eigenvalue weighted by Crippen LogP contribution is 2.09. The number of carbonyl (C=O) groups is 1. The maximum Gasteiger partial charge on any atom is 0.219 e. The molecule has 0 aliphatic rings. The first-order chi connectivity index (χ1) is 6.99. The predicted octanol–water partition coefficient (Wildman–Crippen LogP) is 0.825. The molecular formula is C11H17N3O. The number of aromatic nitrogens is 1. The fourth-order valence-corrected chi connectivity index (χ4v) is 1.34. The van der Waals surface area contributed by atoms with Gasteiger partial charge in [-0.3, -0.25) is 9.78 Å². The van der Waals surface area contributed by atoms with Gasteiger partial charge in [-0.2, -0.15) is 0 Å². The lowest BCUT2D eigenvalue weighted by Crippen LogP contribution is -2.42. The number of carbonyl (C=O) groups excluding carboxylic acids is 1. The summed E-state index contributed by atoms with van der Waals surface area (Å²) < 4.78 is 0. The first-order valence-electron chi connectivity index (χ1n) is 4.92. The topological polar surface area (TPSA) is 68.0 Å². The van der Waals surface area contributed by atoms with Crippen LogP contribution in [0.25, 0.3) is 0 Å². The number of nitrogens with one attached hydrogen (secondary N) is 1. The van der Waals surface area contributed by atoms with Crippen LogP contribution in [-0.2, 0) is 11.3 Å². The lowest BCUT2D eigenvalue weighted by atomic mass is 10.00. The Morgan fingerprint density at radius 3 is 2.60 bits per heavy atom. The van der Waals surface area contributed by atoms with Crippen molar-refractivity contribution in [3.8, 4) is 0 Å². The van der Waals surface area contributed by atoms with Gasteiger partial charge in [-0.05, 0) is 31.5 Å². The van der Waals surface area contributed by atoms with Crippen molar-refractivity contribution < 1.29 is 4.79 Å². The maximum atomic E-state index is 10.8. The molecule has 0 saturated carbocycles. The molecule has 0 spiro atoms. The fraction of sp³-hybridized carbons (Fsp3) is 0.455. The van der Waals surface area contributed by atoms with Crippen molar-refractivity contribution in [1.29, 1.82) is 0 Å². The average Bonchev–Trinajstić information content (AvgIpc) is 2.15. The summed E-state index contributed by atoms with van der Waals surface area (Å²) in [5.41, 5.74) is 6.03. The Balaban J connectivity index is 2.46. The third-order valence-corrected chi connectivity index (χ3v) is 2.14. The van der Waals surface area contributed by atoms with Crippen LogP contribution in [0.3, 0.4) is 0 Å². The highest BCUT2D eigenvalue weighted by atomic mass is 16.1. The predicted molar refractivity (Wildman–Crippen MR) is 59.0 cm³/mol. The zero-order valence-electron chi connectivity index (χ0n) is 9.16. The smallest absolute Gasteiger partial charge is 0.219 e. The van der Waals surface area contributed by atoms with Crippen LogP contribution in [0, 0.1) is 0 Å². The van der Waals surface area contributed by atoms with E-state index in [1.54, 1.807) is 12.4 Å². The van der Waals surface area contributed by atoms with Crippen molar-refractivity contribution in [3.63, 3.8) is 0 Å². The lowest BCUT2D eigenvalue weighted by molar-refractivity contribution is -0.119. The molecule has 4 nitrogen and oxygen atoms in total. The molecule has 0 radical (unpaired) electrons. The van der Waals surface area contributed by atoms with E-state index in [4.69, 9.17) is 5.73 Å². The van der Waals surface area contributed by atoms with Crippen molar-refractivity contribution in [2.45, 2.75) is 32.4 Å². The van der Waals surface area contributed by atoms with Gasteiger partial charge in [-0.25, -0.2) is 0 Å². The largest absolute Gasteiger partial charge is 0.370 e. The van der Waals surface area contributed by atoms with Crippen molar-refractivity contribution in [1.82, 2.24) is 10.3 Å². The van der Waals surface area contributed by atoms with Crippen LogP contribution in [0.1, 0.15) is 25.8 Å². The second-order valence-corrected chi connectivity index (χ2v) is 4.24. The first kappa shape index (κ1) is 11.7. The van der Waals surface area contributed by atoms with Gasteiger partial charge in [-0.1, -0.05) is 0 Å². The molecule has 0 aromatic carbocycles. The summed E-state index contributed by atoms with van der Waals surface area (Å²) >= 11 is 0. The molecular weight excluding hydrogens is 190 g/mol. The molecule has 0 aliphatic carbocycles. The summed E-state index contributed by atoms with van der Waals surface area (Å²) in [4.78, 5) is 14.7. The quantitative estimate of drug-likeness (QED) is 0.751. The Kier molecular flexibility index (Phi) is 3.80. The van der Waals surface area contributed by atoms with E-state index in [0.717, 1.165) is 5.56 Å². The van der Waals surface area contributed by atoms with Crippen LogP contribution in [0.5, 0.6) is 0 Å². The van der Waals surface area contributed by atoms with E-state index in [-0.39, 0.29) is 11.4 Å². The highest BCUT2D eigenvalue weighted by Gasteiger charge is 2.19. The molecule has 0 saturated heterocycles. The van der Waals surface area contributed by atoms with Gasteiger partial charge in [0.2, 0.25) is 5.91 Å². The van der Waals surface area contributed by atoms with Gasteiger partial charge < -0.3 is 11.1 Å². The van der Waals surface area contributed by atoms with Crippen LogP contribution < -0.4 is 11.1 Å². The fourth-order valence-electron chi connectivity index (χ4n) is 1.34. The molecule has 82 valence electrons. The molecule has 1 heterocycles. The van der Waals surface area contributed by atoms with Crippen LogP contribution in [0.2, 0.25) is 0 Å². The molecule has 1 aromatic rings. The third kappa shape index (κ3) is 4.56. The molecule has 1 rings (SSSR count). The minimum Gasteiger partial charge on any atom is -0.370 e. The van der Waals surface area contributed by atoms with E-state index in [1.165, 1.54) is 0 Å². The van der Waals surface area contributed by atoms with E-state index >= 15 is 0 Å².